The molecule has 1 rings (SSSR count). The monoisotopic (exact) mass is 149 g/mol. The van der Waals surface area contributed by atoms with Crippen molar-refractivity contribution < 1.29 is 20.1 Å². The minimum Gasteiger partial charge on any atom is -0.389 e. The highest BCUT2D eigenvalue weighted by Crippen LogP contribution is 2.10. The third-order valence-electron chi connectivity index (χ3n) is 1.56. The van der Waals surface area contributed by atoms with E-state index in [-0.39, 0.29) is 6.61 Å². The van der Waals surface area contributed by atoms with E-state index in [2.05, 4.69) is 4.74 Å². The smallest absolute Gasteiger partial charge is 0.172 e. The molecule has 5 N–H and O–H groups in total. The zero-order valence-corrected chi connectivity index (χ0v) is 5.34. The summed E-state index contributed by atoms with van der Waals surface area (Å²) < 4.78 is 4.59. The lowest BCUT2D eigenvalue weighted by Gasteiger charge is -2.32. The average molecular weight is 149 g/mol. The molecule has 1 aliphatic rings. The molecule has 0 radical (unpaired) electrons. The largest absolute Gasteiger partial charge is 0.389 e. The summed E-state index contributed by atoms with van der Waals surface area (Å²) in [7, 11) is 0. The van der Waals surface area contributed by atoms with Crippen LogP contribution in [0.15, 0.2) is 0 Å². The van der Waals surface area contributed by atoms with E-state index in [9.17, 15) is 0 Å². The van der Waals surface area contributed by atoms with Gasteiger partial charge in [0.15, 0.2) is 6.29 Å². The van der Waals surface area contributed by atoms with Crippen LogP contribution in [0.5, 0.6) is 0 Å². The first-order chi connectivity index (χ1) is 4.63. The Morgan fingerprint density at radius 2 is 1.90 bits per heavy atom. The van der Waals surface area contributed by atoms with E-state index in [1.807, 2.05) is 0 Å². The van der Waals surface area contributed by atoms with Crippen molar-refractivity contribution >= 4 is 0 Å². The van der Waals surface area contributed by atoms with E-state index in [1.54, 1.807) is 0 Å². The molecule has 0 saturated carbocycles. The standard InChI is InChI=1S/C5H11NO4/c6-3-4(8)2(7)1-10-5(3)9/h2-5,7-9H,1,6H2/t2-,3-,4-,5?/m1/s1. The van der Waals surface area contributed by atoms with Gasteiger partial charge < -0.3 is 25.8 Å². The average Bonchev–Trinajstić information content (AvgIpc) is 1.93. The number of nitrogens with two attached hydrogens (primary N) is 1. The topological polar surface area (TPSA) is 95.9 Å². The lowest BCUT2D eigenvalue weighted by atomic mass is 10.0. The van der Waals surface area contributed by atoms with Crippen LogP contribution in [0, 0.1) is 0 Å². The molecule has 5 heteroatoms. The number of hydrogen-bond acceptors (Lipinski definition) is 5. The molecule has 0 spiro atoms. The minimum absolute atomic E-state index is 0.0734. The van der Waals surface area contributed by atoms with Gasteiger partial charge in [-0.2, -0.15) is 0 Å². The van der Waals surface area contributed by atoms with Crippen LogP contribution in [-0.4, -0.2) is 46.5 Å². The van der Waals surface area contributed by atoms with Crippen LogP contribution in [0.25, 0.3) is 0 Å². The van der Waals surface area contributed by atoms with E-state index in [1.165, 1.54) is 0 Å². The molecule has 5 nitrogen and oxygen atoms in total. The summed E-state index contributed by atoms with van der Waals surface area (Å²) in [5.41, 5.74) is 5.23. The maximum atomic E-state index is 9.00. The lowest BCUT2D eigenvalue weighted by Crippen LogP contribution is -2.57. The molecule has 1 unspecified atom stereocenters. The molecule has 4 atom stereocenters. The molecule has 0 aromatic heterocycles. The maximum absolute atomic E-state index is 9.00. The quantitative estimate of drug-likeness (QED) is 0.302. The van der Waals surface area contributed by atoms with Crippen LogP contribution < -0.4 is 5.73 Å². The molecule has 0 aromatic rings. The fraction of sp³-hybridized carbons (Fsp3) is 1.00. The Morgan fingerprint density at radius 1 is 1.30 bits per heavy atom. The minimum atomic E-state index is -1.17. The molecule has 1 aliphatic heterocycles. The van der Waals surface area contributed by atoms with Crippen molar-refractivity contribution in [1.29, 1.82) is 0 Å². The number of hydrogen-bond donors (Lipinski definition) is 4. The van der Waals surface area contributed by atoms with Crippen molar-refractivity contribution in [2.75, 3.05) is 6.61 Å². The van der Waals surface area contributed by atoms with Crippen molar-refractivity contribution in [2.24, 2.45) is 5.73 Å². The highest BCUT2D eigenvalue weighted by Gasteiger charge is 2.34. The van der Waals surface area contributed by atoms with Crippen LogP contribution in [0.4, 0.5) is 0 Å². The summed E-state index contributed by atoms with van der Waals surface area (Å²) in [5, 5.41) is 26.7. The second kappa shape index (κ2) is 2.81. The molecule has 1 fully saturated rings. The molecule has 60 valence electrons. The van der Waals surface area contributed by atoms with Crippen LogP contribution in [0.2, 0.25) is 0 Å². The van der Waals surface area contributed by atoms with Crippen LogP contribution in [0.3, 0.4) is 0 Å². The van der Waals surface area contributed by atoms with Gasteiger partial charge in [0.25, 0.3) is 0 Å². The molecule has 1 saturated heterocycles. The van der Waals surface area contributed by atoms with Crippen molar-refractivity contribution in [2.45, 2.75) is 24.5 Å². The summed E-state index contributed by atoms with van der Waals surface area (Å²) in [6.07, 6.45) is -3.25. The van der Waals surface area contributed by atoms with E-state index in [0.29, 0.717) is 0 Å². The first-order valence-electron chi connectivity index (χ1n) is 3.04. The fourth-order valence-corrected chi connectivity index (χ4v) is 0.832. The van der Waals surface area contributed by atoms with Gasteiger partial charge in [0, 0.05) is 0 Å². The Hall–Kier alpha value is -0.200. The molecule has 1 heterocycles. The normalized spacial score (nSPS) is 49.2. The number of aliphatic hydroxyl groups is 3. The Labute approximate surface area is 58.0 Å². The predicted octanol–water partition coefficient (Wildman–Crippen LogP) is -2.62. The van der Waals surface area contributed by atoms with Crippen LogP contribution in [-0.2, 0) is 4.74 Å². The fourth-order valence-electron chi connectivity index (χ4n) is 0.832. The second-order valence-corrected chi connectivity index (χ2v) is 2.36. The molecule has 0 aromatic carbocycles. The van der Waals surface area contributed by atoms with Gasteiger partial charge >= 0.3 is 0 Å². The van der Waals surface area contributed by atoms with E-state index < -0.39 is 24.5 Å². The predicted molar refractivity (Wildman–Crippen MR) is 31.9 cm³/mol. The van der Waals surface area contributed by atoms with Crippen molar-refractivity contribution in [3.8, 4) is 0 Å². The summed E-state index contributed by atoms with van der Waals surface area (Å²) in [6, 6.07) is -0.913. The van der Waals surface area contributed by atoms with Gasteiger partial charge in [-0.1, -0.05) is 0 Å². The number of rotatable bonds is 0. The summed E-state index contributed by atoms with van der Waals surface area (Å²) in [5.74, 6) is 0. The zero-order valence-electron chi connectivity index (χ0n) is 5.34. The van der Waals surface area contributed by atoms with Gasteiger partial charge in [0.05, 0.1) is 12.6 Å². The third kappa shape index (κ3) is 1.28. The molecule has 10 heavy (non-hydrogen) atoms. The van der Waals surface area contributed by atoms with E-state index in [4.69, 9.17) is 21.1 Å². The first-order valence-corrected chi connectivity index (χ1v) is 3.04. The Kier molecular flexibility index (Phi) is 2.22. The van der Waals surface area contributed by atoms with Gasteiger partial charge in [0.2, 0.25) is 0 Å². The number of ether oxygens (including phenoxy) is 1. The maximum Gasteiger partial charge on any atom is 0.172 e. The van der Waals surface area contributed by atoms with Crippen molar-refractivity contribution in [3.63, 3.8) is 0 Å². The molecular formula is C5H11NO4. The molecule has 0 bridgehead atoms. The van der Waals surface area contributed by atoms with Crippen LogP contribution >= 0.6 is 0 Å². The molecule has 0 aliphatic carbocycles. The van der Waals surface area contributed by atoms with Crippen molar-refractivity contribution in [1.82, 2.24) is 0 Å². The van der Waals surface area contributed by atoms with Gasteiger partial charge in [0.1, 0.15) is 12.2 Å². The Morgan fingerprint density at radius 3 is 2.40 bits per heavy atom. The number of aliphatic hydroxyl groups excluding tert-OH is 3. The summed E-state index contributed by atoms with van der Waals surface area (Å²) in [4.78, 5) is 0. The van der Waals surface area contributed by atoms with Gasteiger partial charge in [-0.15, -0.1) is 0 Å². The highest BCUT2D eigenvalue weighted by molar-refractivity contribution is 4.84. The highest BCUT2D eigenvalue weighted by atomic mass is 16.6. The zero-order chi connectivity index (χ0) is 7.72. The SMILES string of the molecule is N[C@H]1C(O)OC[C@@H](O)[C@H]1O. The third-order valence-corrected chi connectivity index (χ3v) is 1.56. The van der Waals surface area contributed by atoms with E-state index >= 15 is 0 Å². The first kappa shape index (κ1) is 7.90. The molecular weight excluding hydrogens is 138 g/mol. The van der Waals surface area contributed by atoms with Gasteiger partial charge in [-0.05, 0) is 0 Å². The molecule has 0 amide bonds. The summed E-state index contributed by atoms with van der Waals surface area (Å²) >= 11 is 0. The summed E-state index contributed by atoms with van der Waals surface area (Å²) in [6.45, 7) is -0.0734. The Balaban J connectivity index is 2.52. The second-order valence-electron chi connectivity index (χ2n) is 2.36. The van der Waals surface area contributed by atoms with E-state index in [0.717, 1.165) is 0 Å². The van der Waals surface area contributed by atoms with Crippen LogP contribution in [0.1, 0.15) is 0 Å². The Bertz CT molecular complexity index is 106. The van der Waals surface area contributed by atoms with Gasteiger partial charge in [-0.25, -0.2) is 0 Å². The van der Waals surface area contributed by atoms with Crippen molar-refractivity contribution in [3.05, 3.63) is 0 Å². The lowest BCUT2D eigenvalue weighted by molar-refractivity contribution is -0.205. The van der Waals surface area contributed by atoms with Gasteiger partial charge in [-0.3, -0.25) is 0 Å².